The van der Waals surface area contributed by atoms with Crippen LogP contribution in [0, 0.1) is 17.8 Å². The van der Waals surface area contributed by atoms with Crippen LogP contribution < -0.4 is 5.32 Å². The van der Waals surface area contributed by atoms with Crippen LogP contribution in [0.15, 0.2) is 12.4 Å². The minimum absolute atomic E-state index is 0.709. The van der Waals surface area contributed by atoms with Crippen molar-refractivity contribution in [2.75, 3.05) is 7.05 Å². The molecule has 2 aliphatic carbocycles. The second-order valence-electron chi connectivity index (χ2n) is 6.29. The lowest BCUT2D eigenvalue weighted by atomic mass is 9.81. The number of hydrogen-bond donors (Lipinski definition) is 1. The highest BCUT2D eigenvalue weighted by Gasteiger charge is 2.42. The Balaban J connectivity index is 1.56. The molecule has 2 fully saturated rings. The smallest absolute Gasteiger partial charge is 0.0521 e. The Morgan fingerprint density at radius 1 is 1.44 bits per heavy atom. The average Bonchev–Trinajstić information content (AvgIpc) is 3.06. The Bertz CT molecular complexity index is 398. The monoisotopic (exact) mass is 247 g/mol. The molecule has 0 aromatic carbocycles. The summed E-state index contributed by atoms with van der Waals surface area (Å²) in [7, 11) is 4.13. The second-order valence-corrected chi connectivity index (χ2v) is 6.29. The van der Waals surface area contributed by atoms with Crippen LogP contribution >= 0.6 is 0 Å². The number of nitrogens with zero attached hydrogens (tertiary/aromatic N) is 2. The van der Waals surface area contributed by atoms with Crippen molar-refractivity contribution in [3.05, 3.63) is 18.0 Å². The quantitative estimate of drug-likeness (QED) is 0.866. The summed E-state index contributed by atoms with van der Waals surface area (Å²) in [5, 5.41) is 7.83. The summed E-state index contributed by atoms with van der Waals surface area (Å²) in [5.74, 6) is 3.00. The summed E-state index contributed by atoms with van der Waals surface area (Å²) in [6.07, 6.45) is 12.5. The van der Waals surface area contributed by atoms with Crippen molar-refractivity contribution < 1.29 is 0 Å². The number of nitrogens with one attached hydrogen (secondary N) is 1. The van der Waals surface area contributed by atoms with E-state index in [2.05, 4.69) is 23.7 Å². The Hall–Kier alpha value is -0.830. The van der Waals surface area contributed by atoms with Gasteiger partial charge in [0.25, 0.3) is 0 Å². The Morgan fingerprint density at radius 2 is 2.33 bits per heavy atom. The molecule has 100 valence electrons. The van der Waals surface area contributed by atoms with Crippen LogP contribution in [0.5, 0.6) is 0 Å². The lowest BCUT2D eigenvalue weighted by Crippen LogP contribution is -2.36. The van der Waals surface area contributed by atoms with Gasteiger partial charge in [-0.1, -0.05) is 6.42 Å². The molecule has 3 rings (SSSR count). The van der Waals surface area contributed by atoms with E-state index in [1.54, 1.807) is 0 Å². The van der Waals surface area contributed by atoms with Gasteiger partial charge in [-0.3, -0.25) is 4.68 Å². The molecule has 0 amide bonds. The summed E-state index contributed by atoms with van der Waals surface area (Å²) in [5.41, 5.74) is 1.38. The summed E-state index contributed by atoms with van der Waals surface area (Å²) >= 11 is 0. The van der Waals surface area contributed by atoms with Crippen LogP contribution in [0.1, 0.15) is 37.7 Å². The van der Waals surface area contributed by atoms with E-state index in [4.69, 9.17) is 0 Å². The van der Waals surface area contributed by atoms with Crippen molar-refractivity contribution in [2.45, 2.75) is 44.6 Å². The highest BCUT2D eigenvalue weighted by atomic mass is 15.2. The molecule has 3 heteroatoms. The number of aryl methyl sites for hydroxylation is 2. The largest absolute Gasteiger partial charge is 0.317 e. The third-order valence-corrected chi connectivity index (χ3v) is 5.18. The van der Waals surface area contributed by atoms with Crippen molar-refractivity contribution in [3.8, 4) is 0 Å². The maximum absolute atomic E-state index is 4.25. The van der Waals surface area contributed by atoms with Gasteiger partial charge in [0.2, 0.25) is 0 Å². The molecule has 1 aromatic rings. The van der Waals surface area contributed by atoms with Gasteiger partial charge in [0, 0.05) is 19.3 Å². The fourth-order valence-electron chi connectivity index (χ4n) is 4.28. The van der Waals surface area contributed by atoms with Crippen LogP contribution in [0.2, 0.25) is 0 Å². The number of hydrogen-bond acceptors (Lipinski definition) is 2. The van der Waals surface area contributed by atoms with Crippen LogP contribution in [0.4, 0.5) is 0 Å². The Kier molecular flexibility index (Phi) is 3.42. The van der Waals surface area contributed by atoms with Crippen molar-refractivity contribution in [1.82, 2.24) is 15.1 Å². The first-order valence-corrected chi connectivity index (χ1v) is 7.41. The van der Waals surface area contributed by atoms with E-state index in [0.29, 0.717) is 6.04 Å². The first kappa shape index (κ1) is 12.2. The van der Waals surface area contributed by atoms with Crippen LogP contribution in [0.25, 0.3) is 0 Å². The minimum atomic E-state index is 0.709. The van der Waals surface area contributed by atoms with Crippen molar-refractivity contribution in [2.24, 2.45) is 24.8 Å². The molecule has 0 saturated heterocycles. The van der Waals surface area contributed by atoms with Gasteiger partial charge in [-0.05, 0) is 62.5 Å². The predicted octanol–water partition coefficient (Wildman–Crippen LogP) is 2.38. The van der Waals surface area contributed by atoms with Crippen molar-refractivity contribution in [3.63, 3.8) is 0 Å². The van der Waals surface area contributed by atoms with Gasteiger partial charge in [0.15, 0.2) is 0 Å². The molecule has 1 heterocycles. The molecule has 0 spiro atoms. The van der Waals surface area contributed by atoms with Gasteiger partial charge >= 0.3 is 0 Å². The van der Waals surface area contributed by atoms with E-state index in [1.165, 1.54) is 37.7 Å². The van der Waals surface area contributed by atoms with Crippen molar-refractivity contribution >= 4 is 0 Å². The summed E-state index contributed by atoms with van der Waals surface area (Å²) in [4.78, 5) is 0. The van der Waals surface area contributed by atoms with Gasteiger partial charge < -0.3 is 5.32 Å². The van der Waals surface area contributed by atoms with Crippen LogP contribution in [-0.4, -0.2) is 22.9 Å². The molecule has 2 saturated carbocycles. The van der Waals surface area contributed by atoms with Gasteiger partial charge in [0.1, 0.15) is 0 Å². The first-order valence-electron chi connectivity index (χ1n) is 7.41. The zero-order valence-corrected chi connectivity index (χ0v) is 11.6. The maximum atomic E-state index is 4.25. The van der Waals surface area contributed by atoms with Gasteiger partial charge in [0.05, 0.1) is 6.20 Å². The summed E-state index contributed by atoms with van der Waals surface area (Å²) in [6.45, 7) is 0. The number of aromatic nitrogens is 2. The molecule has 4 unspecified atom stereocenters. The Morgan fingerprint density at radius 3 is 2.89 bits per heavy atom. The minimum Gasteiger partial charge on any atom is -0.317 e. The Labute approximate surface area is 110 Å². The SMILES string of the molecule is CNC(CCc1cnn(C)c1)C1CC2CCC1C2. The lowest BCUT2D eigenvalue weighted by molar-refractivity contribution is 0.247. The molecule has 18 heavy (non-hydrogen) atoms. The van der Waals surface area contributed by atoms with E-state index in [-0.39, 0.29) is 0 Å². The maximum Gasteiger partial charge on any atom is 0.0521 e. The van der Waals surface area contributed by atoms with Gasteiger partial charge in [-0.15, -0.1) is 0 Å². The highest BCUT2D eigenvalue weighted by molar-refractivity contribution is 5.05. The van der Waals surface area contributed by atoms with E-state index in [1.807, 2.05) is 17.9 Å². The molecular formula is C15H25N3. The average molecular weight is 247 g/mol. The molecule has 2 aliphatic rings. The molecule has 1 aromatic heterocycles. The molecule has 4 atom stereocenters. The first-order chi connectivity index (χ1) is 8.76. The molecule has 0 radical (unpaired) electrons. The molecule has 0 aliphatic heterocycles. The van der Waals surface area contributed by atoms with Gasteiger partial charge in [-0.2, -0.15) is 5.10 Å². The fourth-order valence-corrected chi connectivity index (χ4v) is 4.28. The lowest BCUT2D eigenvalue weighted by Gasteiger charge is -2.30. The third-order valence-electron chi connectivity index (χ3n) is 5.18. The van der Waals surface area contributed by atoms with E-state index in [0.717, 1.165) is 24.2 Å². The van der Waals surface area contributed by atoms with Crippen LogP contribution in [0.3, 0.4) is 0 Å². The number of fused-ring (bicyclic) bond motifs is 2. The predicted molar refractivity (Wildman–Crippen MR) is 73.3 cm³/mol. The number of rotatable bonds is 5. The van der Waals surface area contributed by atoms with E-state index in [9.17, 15) is 0 Å². The fraction of sp³-hybridized carbons (Fsp3) is 0.800. The highest BCUT2D eigenvalue weighted by Crippen LogP contribution is 2.49. The van der Waals surface area contributed by atoms with Gasteiger partial charge in [-0.25, -0.2) is 0 Å². The van der Waals surface area contributed by atoms with Crippen LogP contribution in [-0.2, 0) is 13.5 Å². The van der Waals surface area contributed by atoms with E-state index >= 15 is 0 Å². The molecular weight excluding hydrogens is 222 g/mol. The standard InChI is InChI=1S/C15H25N3/c1-16-15(6-4-12-9-17-18(2)10-12)14-8-11-3-5-13(14)7-11/h9-11,13-16H,3-8H2,1-2H3. The third kappa shape index (κ3) is 2.33. The van der Waals surface area contributed by atoms with E-state index < -0.39 is 0 Å². The van der Waals surface area contributed by atoms with Crippen molar-refractivity contribution in [1.29, 1.82) is 0 Å². The summed E-state index contributed by atoms with van der Waals surface area (Å²) < 4.78 is 1.90. The summed E-state index contributed by atoms with van der Waals surface area (Å²) in [6, 6.07) is 0.709. The second kappa shape index (κ2) is 5.04. The molecule has 2 bridgehead atoms. The zero-order chi connectivity index (χ0) is 12.5. The topological polar surface area (TPSA) is 29.9 Å². The normalized spacial score (nSPS) is 32.0. The molecule has 1 N–H and O–H groups in total. The zero-order valence-electron chi connectivity index (χ0n) is 11.6. The molecule has 3 nitrogen and oxygen atoms in total.